The van der Waals surface area contributed by atoms with Crippen LogP contribution in [0.1, 0.15) is 21.6 Å². The minimum atomic E-state index is -1.14. The van der Waals surface area contributed by atoms with Crippen molar-refractivity contribution in [3.63, 3.8) is 0 Å². The summed E-state index contributed by atoms with van der Waals surface area (Å²) in [6.45, 7) is 0.379. The van der Waals surface area contributed by atoms with Crippen LogP contribution in [0, 0.1) is 13.7 Å². The number of nitrogens with zero attached hydrogens (tertiary/aromatic N) is 3. The van der Waals surface area contributed by atoms with Crippen molar-refractivity contribution >= 4 is 51.1 Å². The summed E-state index contributed by atoms with van der Waals surface area (Å²) in [5.41, 5.74) is 2.43. The number of nitro groups is 1. The van der Waals surface area contributed by atoms with Gasteiger partial charge in [0.15, 0.2) is 0 Å². The molecule has 0 radical (unpaired) electrons. The molecule has 1 heterocycles. The molecular weight excluding hydrogens is 657 g/mol. The van der Waals surface area contributed by atoms with E-state index < -0.39 is 10.9 Å². The molecule has 0 aliphatic heterocycles. The number of nitro benzene ring substituents is 1. The van der Waals surface area contributed by atoms with Gasteiger partial charge in [0.05, 0.1) is 41.9 Å². The second kappa shape index (κ2) is 13.4. The van der Waals surface area contributed by atoms with Crippen LogP contribution in [0.15, 0.2) is 72.8 Å². The number of ether oxygens (including phenoxy) is 3. The molecule has 1 N–H and O–H groups in total. The molecule has 0 fully saturated rings. The molecule has 4 rings (SSSR count). The Labute approximate surface area is 255 Å². The van der Waals surface area contributed by atoms with Crippen molar-refractivity contribution in [2.75, 3.05) is 27.9 Å². The summed E-state index contributed by atoms with van der Waals surface area (Å²) < 4.78 is 18.5. The minimum Gasteiger partial charge on any atom is -0.497 e. The third-order valence-corrected chi connectivity index (χ3v) is 7.72. The van der Waals surface area contributed by atoms with E-state index in [1.165, 1.54) is 37.3 Å². The molecular formula is C30H28IN3O8. The predicted octanol–water partition coefficient (Wildman–Crippen LogP) is 5.51. The molecule has 42 heavy (non-hydrogen) atoms. The summed E-state index contributed by atoms with van der Waals surface area (Å²) in [6, 6.07) is 17.1. The van der Waals surface area contributed by atoms with Crippen LogP contribution in [-0.4, -0.2) is 59.2 Å². The number of aliphatic carboxylic acids is 1. The summed E-state index contributed by atoms with van der Waals surface area (Å²) >= 11 is 2.04. The third-order valence-electron chi connectivity index (χ3n) is 6.63. The Morgan fingerprint density at radius 2 is 1.69 bits per heavy atom. The monoisotopic (exact) mass is 685 g/mol. The lowest BCUT2D eigenvalue weighted by molar-refractivity contribution is -0.384. The molecule has 218 valence electrons. The zero-order valence-corrected chi connectivity index (χ0v) is 25.2. The third kappa shape index (κ3) is 6.65. The van der Waals surface area contributed by atoms with Gasteiger partial charge in [0.25, 0.3) is 11.6 Å². The van der Waals surface area contributed by atoms with Crippen LogP contribution in [-0.2, 0) is 17.9 Å². The highest BCUT2D eigenvalue weighted by molar-refractivity contribution is 14.1. The molecule has 0 aliphatic carbocycles. The number of carboxylic acids is 1. The number of methoxy groups -OCH3 is 3. The number of non-ortho nitro benzene ring substituents is 1. The minimum absolute atomic E-state index is 0.0133. The quantitative estimate of drug-likeness (QED) is 0.0894. The van der Waals surface area contributed by atoms with E-state index >= 15 is 0 Å². The van der Waals surface area contributed by atoms with Crippen molar-refractivity contribution in [3.05, 3.63) is 103 Å². The van der Waals surface area contributed by atoms with Crippen molar-refractivity contribution in [3.8, 4) is 17.2 Å². The molecule has 0 aliphatic rings. The highest BCUT2D eigenvalue weighted by Crippen LogP contribution is 2.33. The van der Waals surface area contributed by atoms with Crippen LogP contribution in [0.5, 0.6) is 17.2 Å². The van der Waals surface area contributed by atoms with Crippen LogP contribution in [0.25, 0.3) is 10.9 Å². The molecule has 3 aromatic carbocycles. The van der Waals surface area contributed by atoms with Crippen LogP contribution in [0.4, 0.5) is 5.69 Å². The largest absolute Gasteiger partial charge is 0.497 e. The Morgan fingerprint density at radius 1 is 1.00 bits per heavy atom. The van der Waals surface area contributed by atoms with E-state index in [4.69, 9.17) is 14.2 Å². The van der Waals surface area contributed by atoms with Crippen LogP contribution in [0.2, 0.25) is 0 Å². The van der Waals surface area contributed by atoms with Gasteiger partial charge in [0, 0.05) is 48.3 Å². The number of benzene rings is 3. The van der Waals surface area contributed by atoms with Gasteiger partial charge in [-0.3, -0.25) is 14.9 Å². The lowest BCUT2D eigenvalue weighted by atomic mass is 10.1. The summed E-state index contributed by atoms with van der Waals surface area (Å²) in [5.74, 6) is 0.232. The number of amides is 1. The molecule has 0 spiro atoms. The van der Waals surface area contributed by atoms with Gasteiger partial charge in [0.2, 0.25) is 0 Å². The Hall–Kier alpha value is -4.59. The molecule has 4 aromatic rings. The maximum Gasteiger partial charge on any atom is 0.328 e. The molecule has 0 unspecified atom stereocenters. The predicted molar refractivity (Wildman–Crippen MR) is 164 cm³/mol. The van der Waals surface area contributed by atoms with Gasteiger partial charge in [-0.05, 0) is 58.5 Å². The average molecular weight is 685 g/mol. The number of fused-ring (bicyclic) bond motifs is 1. The number of carbonyl (C=O) groups is 2. The van der Waals surface area contributed by atoms with E-state index in [-0.39, 0.29) is 24.7 Å². The van der Waals surface area contributed by atoms with Gasteiger partial charge >= 0.3 is 5.97 Å². The van der Waals surface area contributed by atoms with E-state index in [0.717, 1.165) is 11.6 Å². The molecule has 0 bridgehead atoms. The number of hydrogen-bond donors (Lipinski definition) is 1. The summed E-state index contributed by atoms with van der Waals surface area (Å²) in [4.78, 5) is 38.2. The Balaban J connectivity index is 1.85. The fourth-order valence-corrected chi connectivity index (χ4v) is 5.49. The topological polar surface area (TPSA) is 133 Å². The Bertz CT molecular complexity index is 1660. The first-order valence-electron chi connectivity index (χ1n) is 12.7. The first kappa shape index (κ1) is 30.4. The van der Waals surface area contributed by atoms with E-state index in [1.807, 2.05) is 51.4 Å². The van der Waals surface area contributed by atoms with Crippen molar-refractivity contribution in [1.29, 1.82) is 0 Å². The lowest BCUT2D eigenvalue weighted by Gasteiger charge is -2.24. The van der Waals surface area contributed by atoms with Gasteiger partial charge < -0.3 is 28.8 Å². The van der Waals surface area contributed by atoms with Crippen molar-refractivity contribution in [1.82, 2.24) is 9.47 Å². The molecule has 12 heteroatoms. The summed E-state index contributed by atoms with van der Waals surface area (Å²) in [6.07, 6.45) is 2.37. The SMILES string of the molecule is COc1ccc(Cn2c(C(=O)N(C/C=C/C(=O)O)Cc3ccc(OC)cc3OC)c(I)c3cc([N+](=O)[O-])ccc32)cc1. The van der Waals surface area contributed by atoms with Crippen molar-refractivity contribution in [2.24, 2.45) is 0 Å². The average Bonchev–Trinajstić information content (AvgIpc) is 3.26. The van der Waals surface area contributed by atoms with Crippen LogP contribution >= 0.6 is 22.6 Å². The summed E-state index contributed by atoms with van der Waals surface area (Å²) in [7, 11) is 4.62. The van der Waals surface area contributed by atoms with Crippen molar-refractivity contribution in [2.45, 2.75) is 13.1 Å². The van der Waals surface area contributed by atoms with Gasteiger partial charge in [-0.15, -0.1) is 0 Å². The number of aromatic nitrogens is 1. The molecule has 1 aromatic heterocycles. The van der Waals surface area contributed by atoms with Gasteiger partial charge in [0.1, 0.15) is 22.9 Å². The Kier molecular flexibility index (Phi) is 9.68. The highest BCUT2D eigenvalue weighted by atomic mass is 127. The van der Waals surface area contributed by atoms with Gasteiger partial charge in [-0.1, -0.05) is 18.2 Å². The van der Waals surface area contributed by atoms with Crippen molar-refractivity contribution < 1.29 is 33.8 Å². The number of halogens is 1. The van der Waals surface area contributed by atoms with Gasteiger partial charge in [-0.25, -0.2) is 4.79 Å². The van der Waals surface area contributed by atoms with E-state index in [0.29, 0.717) is 49.5 Å². The number of hydrogen-bond acceptors (Lipinski definition) is 7. The molecule has 0 atom stereocenters. The smallest absolute Gasteiger partial charge is 0.328 e. The second-order valence-corrected chi connectivity index (χ2v) is 10.2. The number of rotatable bonds is 12. The molecule has 1 amide bonds. The van der Waals surface area contributed by atoms with E-state index in [1.54, 1.807) is 31.4 Å². The molecule has 0 saturated heterocycles. The Morgan fingerprint density at radius 3 is 2.31 bits per heavy atom. The number of carbonyl (C=O) groups excluding carboxylic acids is 1. The normalized spacial score (nSPS) is 11.0. The zero-order valence-electron chi connectivity index (χ0n) is 23.1. The van der Waals surface area contributed by atoms with E-state index in [9.17, 15) is 24.8 Å². The van der Waals surface area contributed by atoms with Crippen LogP contribution < -0.4 is 14.2 Å². The fourth-order valence-electron chi connectivity index (χ4n) is 4.54. The maximum atomic E-state index is 14.4. The number of carboxylic acid groups (broad SMARTS) is 1. The standard InChI is InChI=1S/C30H28IN3O8/c1-40-22-10-6-19(7-11-22)17-33-25-13-9-21(34(38)39)15-24(25)28(31)29(33)30(37)32(14-4-5-27(35)36)18-20-8-12-23(41-2)16-26(20)42-3/h4-13,15-16H,14,17-18H2,1-3H3,(H,35,36)/b5-4+. The fraction of sp³-hybridized carbons (Fsp3) is 0.200. The first-order valence-corrected chi connectivity index (χ1v) is 13.7. The van der Waals surface area contributed by atoms with E-state index in [2.05, 4.69) is 0 Å². The van der Waals surface area contributed by atoms with Crippen LogP contribution in [0.3, 0.4) is 0 Å². The summed E-state index contributed by atoms with van der Waals surface area (Å²) in [5, 5.41) is 21.3. The highest BCUT2D eigenvalue weighted by Gasteiger charge is 2.27. The zero-order chi connectivity index (χ0) is 30.4. The molecule has 11 nitrogen and oxygen atoms in total. The van der Waals surface area contributed by atoms with Gasteiger partial charge in [-0.2, -0.15) is 0 Å². The maximum absolute atomic E-state index is 14.4. The first-order chi connectivity index (χ1) is 20.2. The lowest BCUT2D eigenvalue weighted by Crippen LogP contribution is -2.33. The molecule has 0 saturated carbocycles. The second-order valence-electron chi connectivity index (χ2n) is 9.16.